The molecule has 0 atom stereocenters. The van der Waals surface area contributed by atoms with Gasteiger partial charge in [0.05, 0.1) is 11.8 Å². The van der Waals surface area contributed by atoms with E-state index in [4.69, 9.17) is 0 Å². The van der Waals surface area contributed by atoms with Crippen molar-refractivity contribution in [3.05, 3.63) is 23.6 Å². The Morgan fingerprint density at radius 3 is 2.62 bits per heavy atom. The van der Waals surface area contributed by atoms with Crippen molar-refractivity contribution in [3.8, 4) is 0 Å². The third-order valence-electron chi connectivity index (χ3n) is 2.37. The molecule has 4 nitrogen and oxygen atoms in total. The first-order valence-electron chi connectivity index (χ1n) is 5.26. The molecule has 0 aliphatic carbocycles. The molecule has 1 heterocycles. The summed E-state index contributed by atoms with van der Waals surface area (Å²) in [5.41, 5.74) is 0.270. The number of rotatable bonds is 4. The third kappa shape index (κ3) is 2.48. The minimum absolute atomic E-state index is 0.207. The van der Waals surface area contributed by atoms with Gasteiger partial charge in [0.2, 0.25) is 0 Å². The van der Waals surface area contributed by atoms with Crippen LogP contribution in [0.25, 0.3) is 0 Å². The molecule has 1 rings (SSSR count). The van der Waals surface area contributed by atoms with Crippen molar-refractivity contribution >= 4 is 11.7 Å². The average Bonchev–Trinajstić information content (AvgIpc) is 2.30. The number of halogens is 1. The van der Waals surface area contributed by atoms with Gasteiger partial charge in [-0.3, -0.25) is 4.79 Å². The zero-order chi connectivity index (χ0) is 12.1. The fourth-order valence-electron chi connectivity index (χ4n) is 1.48. The number of nitrogens with zero attached hydrogens (tertiary/aromatic N) is 2. The van der Waals surface area contributed by atoms with E-state index < -0.39 is 5.82 Å². The standard InChI is InChI=1S/C11H16FN3O/c1-4-15(5-2)11(16)9-6-8(12)7-14-10(9)13-3/h6-7H,4-5H2,1-3H3,(H,13,14). The Hall–Kier alpha value is -1.65. The lowest BCUT2D eigenvalue weighted by Gasteiger charge is -2.19. The van der Waals surface area contributed by atoms with E-state index >= 15 is 0 Å². The minimum Gasteiger partial charge on any atom is -0.372 e. The Balaban J connectivity index is 3.10. The van der Waals surface area contributed by atoms with E-state index in [-0.39, 0.29) is 11.5 Å². The summed E-state index contributed by atoms with van der Waals surface area (Å²) in [6, 6.07) is 1.21. The van der Waals surface area contributed by atoms with E-state index in [1.54, 1.807) is 11.9 Å². The summed E-state index contributed by atoms with van der Waals surface area (Å²) in [4.78, 5) is 17.5. The number of carbonyl (C=O) groups excluding carboxylic acids is 1. The Morgan fingerprint density at radius 1 is 1.50 bits per heavy atom. The van der Waals surface area contributed by atoms with Crippen molar-refractivity contribution in [3.63, 3.8) is 0 Å². The molecule has 1 aromatic heterocycles. The summed E-state index contributed by atoms with van der Waals surface area (Å²) in [5.74, 6) is -0.311. The topological polar surface area (TPSA) is 45.2 Å². The second-order valence-corrected chi connectivity index (χ2v) is 3.28. The minimum atomic E-state index is -0.505. The molecule has 0 aliphatic rings. The summed E-state index contributed by atoms with van der Waals surface area (Å²) < 4.78 is 13.1. The number of nitrogens with one attached hydrogen (secondary N) is 1. The van der Waals surface area contributed by atoms with Crippen molar-refractivity contribution in [1.29, 1.82) is 0 Å². The molecule has 16 heavy (non-hydrogen) atoms. The quantitative estimate of drug-likeness (QED) is 0.849. The largest absolute Gasteiger partial charge is 0.372 e. The van der Waals surface area contributed by atoms with Gasteiger partial charge in [-0.15, -0.1) is 0 Å². The van der Waals surface area contributed by atoms with Crippen LogP contribution in [-0.4, -0.2) is 35.9 Å². The highest BCUT2D eigenvalue weighted by Crippen LogP contribution is 2.15. The van der Waals surface area contributed by atoms with Crippen LogP contribution in [0, 0.1) is 5.82 Å². The van der Waals surface area contributed by atoms with Gasteiger partial charge in [0.25, 0.3) is 5.91 Å². The highest BCUT2D eigenvalue weighted by molar-refractivity contribution is 5.98. The van der Waals surface area contributed by atoms with E-state index in [1.165, 1.54) is 6.07 Å². The Labute approximate surface area is 94.5 Å². The fourth-order valence-corrected chi connectivity index (χ4v) is 1.48. The van der Waals surface area contributed by atoms with E-state index in [0.29, 0.717) is 18.9 Å². The van der Waals surface area contributed by atoms with Crippen LogP contribution in [0.15, 0.2) is 12.3 Å². The maximum absolute atomic E-state index is 13.1. The molecule has 88 valence electrons. The molecule has 0 fully saturated rings. The summed E-state index contributed by atoms with van der Waals surface area (Å²) in [7, 11) is 1.65. The fraction of sp³-hybridized carbons (Fsp3) is 0.455. The zero-order valence-electron chi connectivity index (χ0n) is 9.75. The first-order valence-corrected chi connectivity index (χ1v) is 5.26. The number of hydrogen-bond donors (Lipinski definition) is 1. The number of anilines is 1. The van der Waals surface area contributed by atoms with Gasteiger partial charge < -0.3 is 10.2 Å². The lowest BCUT2D eigenvalue weighted by molar-refractivity contribution is 0.0773. The molecule has 1 N–H and O–H groups in total. The molecule has 0 bridgehead atoms. The average molecular weight is 225 g/mol. The van der Waals surface area contributed by atoms with Crippen LogP contribution in [-0.2, 0) is 0 Å². The lowest BCUT2D eigenvalue weighted by atomic mass is 10.2. The SMILES string of the molecule is CCN(CC)C(=O)c1cc(F)cnc1NC. The Bertz CT molecular complexity index is 377. The van der Waals surface area contributed by atoms with Crippen molar-refractivity contribution in [2.24, 2.45) is 0 Å². The second kappa shape index (κ2) is 5.44. The van der Waals surface area contributed by atoms with Gasteiger partial charge in [-0.2, -0.15) is 0 Å². The number of pyridine rings is 1. The summed E-state index contributed by atoms with van der Waals surface area (Å²) >= 11 is 0. The summed E-state index contributed by atoms with van der Waals surface area (Å²) in [6.45, 7) is 4.95. The summed E-state index contributed by atoms with van der Waals surface area (Å²) in [5, 5.41) is 2.78. The molecule has 0 aliphatic heterocycles. The molecular weight excluding hydrogens is 209 g/mol. The van der Waals surface area contributed by atoms with Gasteiger partial charge in [-0.1, -0.05) is 0 Å². The molecule has 5 heteroatoms. The lowest BCUT2D eigenvalue weighted by Crippen LogP contribution is -2.31. The molecule has 1 aromatic rings. The maximum atomic E-state index is 13.1. The maximum Gasteiger partial charge on any atom is 0.257 e. The second-order valence-electron chi connectivity index (χ2n) is 3.28. The van der Waals surface area contributed by atoms with Crippen LogP contribution < -0.4 is 5.32 Å². The van der Waals surface area contributed by atoms with Gasteiger partial charge in [-0.05, 0) is 19.9 Å². The summed E-state index contributed by atoms with van der Waals surface area (Å²) in [6.07, 6.45) is 1.09. The van der Waals surface area contributed by atoms with E-state index in [0.717, 1.165) is 6.20 Å². The number of amides is 1. The van der Waals surface area contributed by atoms with Crippen LogP contribution in [0.1, 0.15) is 24.2 Å². The molecular formula is C11H16FN3O. The van der Waals surface area contributed by atoms with Crippen LogP contribution in [0.5, 0.6) is 0 Å². The van der Waals surface area contributed by atoms with Gasteiger partial charge in [0.1, 0.15) is 11.6 Å². The van der Waals surface area contributed by atoms with Gasteiger partial charge in [0, 0.05) is 20.1 Å². The van der Waals surface area contributed by atoms with E-state index in [9.17, 15) is 9.18 Å². The molecule has 0 radical (unpaired) electrons. The van der Waals surface area contributed by atoms with Crippen molar-refractivity contribution in [2.45, 2.75) is 13.8 Å². The van der Waals surface area contributed by atoms with Gasteiger partial charge >= 0.3 is 0 Å². The van der Waals surface area contributed by atoms with Gasteiger partial charge in [0.15, 0.2) is 0 Å². The predicted octanol–water partition coefficient (Wildman–Crippen LogP) is 1.74. The molecule has 1 amide bonds. The van der Waals surface area contributed by atoms with E-state index in [1.807, 2.05) is 13.8 Å². The van der Waals surface area contributed by atoms with Crippen LogP contribution in [0.2, 0.25) is 0 Å². The zero-order valence-corrected chi connectivity index (χ0v) is 9.75. The molecule has 0 unspecified atom stereocenters. The van der Waals surface area contributed by atoms with Crippen LogP contribution in [0.4, 0.5) is 10.2 Å². The van der Waals surface area contributed by atoms with E-state index in [2.05, 4.69) is 10.3 Å². The van der Waals surface area contributed by atoms with Crippen molar-refractivity contribution in [2.75, 3.05) is 25.5 Å². The Morgan fingerprint density at radius 2 is 2.12 bits per heavy atom. The molecule has 0 saturated carbocycles. The molecule has 0 aromatic carbocycles. The Kier molecular flexibility index (Phi) is 4.22. The molecule has 0 saturated heterocycles. The first kappa shape index (κ1) is 12.4. The first-order chi connectivity index (χ1) is 7.63. The monoisotopic (exact) mass is 225 g/mol. The molecule has 0 spiro atoms. The smallest absolute Gasteiger partial charge is 0.257 e. The number of hydrogen-bond acceptors (Lipinski definition) is 3. The highest BCUT2D eigenvalue weighted by Gasteiger charge is 2.17. The van der Waals surface area contributed by atoms with Crippen molar-refractivity contribution in [1.82, 2.24) is 9.88 Å². The number of carbonyl (C=O) groups is 1. The van der Waals surface area contributed by atoms with Crippen LogP contribution >= 0.6 is 0 Å². The predicted molar refractivity (Wildman–Crippen MR) is 61.0 cm³/mol. The third-order valence-corrected chi connectivity index (χ3v) is 2.37. The van der Waals surface area contributed by atoms with Crippen molar-refractivity contribution < 1.29 is 9.18 Å². The number of aromatic nitrogens is 1. The van der Waals surface area contributed by atoms with Crippen LogP contribution in [0.3, 0.4) is 0 Å². The normalized spacial score (nSPS) is 10.0. The highest BCUT2D eigenvalue weighted by atomic mass is 19.1. The van der Waals surface area contributed by atoms with Gasteiger partial charge in [-0.25, -0.2) is 9.37 Å².